The summed E-state index contributed by atoms with van der Waals surface area (Å²) in [5.41, 5.74) is -1.08. The van der Waals surface area contributed by atoms with Crippen molar-refractivity contribution in [1.82, 2.24) is 0 Å². The Labute approximate surface area is 219 Å². The molecule has 0 unspecified atom stereocenters. The zero-order valence-electron chi connectivity index (χ0n) is 21.2. The molecule has 0 N–H and O–H groups in total. The molecule has 4 rings (SSSR count). The normalized spacial score (nSPS) is 34.5. The fourth-order valence-electron chi connectivity index (χ4n) is 6.86. The van der Waals surface area contributed by atoms with E-state index < -0.39 is 58.7 Å². The molecule has 2 saturated carbocycles. The number of Topliss-reactive ketones (excluding diaryl/α,β-unsaturated/α-hetero) is 1. The van der Waals surface area contributed by atoms with E-state index >= 15 is 0 Å². The van der Waals surface area contributed by atoms with Gasteiger partial charge in [0.2, 0.25) is 0 Å². The molecule has 37 heavy (non-hydrogen) atoms. The average Bonchev–Trinajstić information content (AvgIpc) is 3.31. The minimum absolute atomic E-state index is 0.00590. The molecule has 3 aliphatic rings. The predicted molar refractivity (Wildman–Crippen MR) is 130 cm³/mol. The monoisotopic (exact) mass is 527 g/mol. The first-order chi connectivity index (χ1) is 17.6. The summed E-state index contributed by atoms with van der Waals surface area (Å²) >= 11 is 0.708. The molecule has 196 valence electrons. The van der Waals surface area contributed by atoms with E-state index in [1.54, 1.807) is 18.4 Å². The summed E-state index contributed by atoms with van der Waals surface area (Å²) in [4.78, 5) is 52.8. The highest BCUT2D eigenvalue weighted by Gasteiger charge is 2.68. The molecule has 1 aliphatic heterocycles. The van der Waals surface area contributed by atoms with Gasteiger partial charge in [-0.05, 0) is 60.8 Å². The second-order valence-electron chi connectivity index (χ2n) is 10.3. The Kier molecular flexibility index (Phi) is 7.43. The van der Waals surface area contributed by atoms with Crippen molar-refractivity contribution in [3.63, 3.8) is 0 Å². The average molecular weight is 528 g/mol. The van der Waals surface area contributed by atoms with Crippen molar-refractivity contribution < 1.29 is 37.8 Å². The molecule has 1 aromatic heterocycles. The number of cyclic esters (lactones) is 1. The zero-order chi connectivity index (χ0) is 27.0. The molecule has 7 atom stereocenters. The predicted octanol–water partition coefficient (Wildman–Crippen LogP) is 3.57. The van der Waals surface area contributed by atoms with Gasteiger partial charge in [0.1, 0.15) is 17.3 Å². The van der Waals surface area contributed by atoms with E-state index in [-0.39, 0.29) is 18.0 Å². The van der Waals surface area contributed by atoms with Crippen molar-refractivity contribution in [2.24, 2.45) is 28.6 Å². The molecule has 3 fully saturated rings. The number of ketones is 1. The Morgan fingerprint density at radius 2 is 2.03 bits per heavy atom. The Morgan fingerprint density at radius 1 is 1.27 bits per heavy atom. The number of thioether (sulfide) groups is 1. The van der Waals surface area contributed by atoms with Gasteiger partial charge in [-0.3, -0.25) is 19.2 Å². The summed E-state index contributed by atoms with van der Waals surface area (Å²) in [6, 6.07) is 1.71. The number of esters is 3. The molecule has 0 aromatic carbocycles. The van der Waals surface area contributed by atoms with Crippen molar-refractivity contribution in [3.8, 4) is 17.2 Å². The van der Waals surface area contributed by atoms with Gasteiger partial charge in [0, 0.05) is 17.9 Å². The van der Waals surface area contributed by atoms with Crippen LogP contribution in [0, 0.1) is 51.1 Å². The van der Waals surface area contributed by atoms with Crippen molar-refractivity contribution in [2.75, 3.05) is 12.9 Å². The van der Waals surface area contributed by atoms with E-state index in [2.05, 4.69) is 11.8 Å². The third kappa shape index (κ3) is 4.53. The Hall–Kier alpha value is -3.24. The smallest absolute Gasteiger partial charge is 0.317 e. The number of nitriles is 1. The van der Waals surface area contributed by atoms with Gasteiger partial charge in [-0.2, -0.15) is 5.26 Å². The van der Waals surface area contributed by atoms with Crippen LogP contribution in [0.3, 0.4) is 0 Å². The van der Waals surface area contributed by atoms with E-state index in [9.17, 15) is 19.2 Å². The number of thiocyanates is 1. The number of hydrogen-bond acceptors (Lipinski definition) is 10. The topological polar surface area (TPSA) is 133 Å². The van der Waals surface area contributed by atoms with E-state index in [1.807, 2.05) is 13.8 Å². The SMILES string of the molecule is CC#Cc1occc1[C@@H]1C[C@]2(C)[C@H]3C(=O)[C@@H](OC(=O)CSC#N)C[C@@H](C(=O)OC)[C@]3(C)CC[C@H]2C(=O)O1. The molecule has 2 heterocycles. The third-order valence-electron chi connectivity index (χ3n) is 8.40. The highest BCUT2D eigenvalue weighted by atomic mass is 32.2. The quantitative estimate of drug-likeness (QED) is 0.242. The number of carbonyl (C=O) groups excluding carboxylic acids is 4. The summed E-state index contributed by atoms with van der Waals surface area (Å²) in [5.74, 6) is 1.84. The van der Waals surface area contributed by atoms with Crippen LogP contribution in [-0.4, -0.2) is 42.7 Å². The number of fused-ring (bicyclic) bond motifs is 3. The van der Waals surface area contributed by atoms with E-state index in [1.165, 1.54) is 13.4 Å². The largest absolute Gasteiger partial charge is 0.469 e. The van der Waals surface area contributed by atoms with Gasteiger partial charge in [-0.25, -0.2) is 0 Å². The first-order valence-electron chi connectivity index (χ1n) is 12.1. The number of furan rings is 1. The number of carbonyl (C=O) groups is 4. The zero-order valence-corrected chi connectivity index (χ0v) is 22.0. The third-order valence-corrected chi connectivity index (χ3v) is 8.91. The molecule has 10 heteroatoms. The van der Waals surface area contributed by atoms with Gasteiger partial charge < -0.3 is 18.6 Å². The van der Waals surface area contributed by atoms with E-state index in [0.29, 0.717) is 42.3 Å². The number of methoxy groups -OCH3 is 1. The molecule has 2 aliphatic carbocycles. The lowest BCUT2D eigenvalue weighted by atomic mass is 9.43. The molecule has 1 saturated heterocycles. The van der Waals surface area contributed by atoms with Gasteiger partial charge in [-0.15, -0.1) is 0 Å². The number of nitrogens with zero attached hydrogens (tertiary/aromatic N) is 1. The van der Waals surface area contributed by atoms with Gasteiger partial charge in [0.05, 0.1) is 25.2 Å². The number of ether oxygens (including phenoxy) is 3. The van der Waals surface area contributed by atoms with Gasteiger partial charge in [0.25, 0.3) is 0 Å². The first kappa shape index (κ1) is 26.8. The van der Waals surface area contributed by atoms with Crippen LogP contribution in [0.15, 0.2) is 16.7 Å². The maximum atomic E-state index is 14.1. The first-order valence-corrected chi connectivity index (χ1v) is 13.1. The Morgan fingerprint density at radius 3 is 2.70 bits per heavy atom. The van der Waals surface area contributed by atoms with Crippen molar-refractivity contribution in [2.45, 2.75) is 58.7 Å². The fraction of sp³-hybridized carbons (Fsp3) is 0.593. The van der Waals surface area contributed by atoms with Crippen LogP contribution in [-0.2, 0) is 33.4 Å². The summed E-state index contributed by atoms with van der Waals surface area (Å²) in [6.45, 7) is 5.46. The number of hydrogen-bond donors (Lipinski definition) is 0. The summed E-state index contributed by atoms with van der Waals surface area (Å²) in [5, 5.41) is 10.6. The lowest BCUT2D eigenvalue weighted by Crippen LogP contribution is -2.64. The maximum Gasteiger partial charge on any atom is 0.317 e. The Bertz CT molecular complexity index is 1220. The highest BCUT2D eigenvalue weighted by Crippen LogP contribution is 2.65. The van der Waals surface area contributed by atoms with Crippen molar-refractivity contribution in [1.29, 1.82) is 5.26 Å². The Balaban J connectivity index is 1.76. The standard InChI is InChI=1S/C27H29NO8S/c1-5-6-18-15(8-10-34-18)20-12-27(3)16(25(32)36-20)7-9-26(2)17(24(31)33-4)11-19(22(30)23(26)27)35-21(29)13-37-14-28/h8,10,16-17,19-20,23H,7,9,11-13H2,1-4H3/t16-,17-,19-,20-,23-,26-,27-/m0/s1. The fourth-order valence-corrected chi connectivity index (χ4v) is 7.11. The number of rotatable bonds is 5. The molecule has 1 aromatic rings. The minimum Gasteiger partial charge on any atom is -0.469 e. The molecular formula is C27H29NO8S. The second kappa shape index (κ2) is 10.3. The summed E-state index contributed by atoms with van der Waals surface area (Å²) in [7, 11) is 1.29. The minimum atomic E-state index is -1.18. The van der Waals surface area contributed by atoms with Crippen LogP contribution in [0.2, 0.25) is 0 Å². The van der Waals surface area contributed by atoms with Gasteiger partial charge in [0.15, 0.2) is 17.6 Å². The molecular weight excluding hydrogens is 498 g/mol. The second-order valence-corrected chi connectivity index (χ2v) is 11.1. The molecule has 0 spiro atoms. The van der Waals surface area contributed by atoms with Crippen molar-refractivity contribution in [3.05, 3.63) is 23.7 Å². The van der Waals surface area contributed by atoms with E-state index in [4.69, 9.17) is 23.9 Å². The van der Waals surface area contributed by atoms with Crippen LogP contribution in [0.25, 0.3) is 0 Å². The van der Waals surface area contributed by atoms with Crippen LogP contribution < -0.4 is 0 Å². The highest BCUT2D eigenvalue weighted by molar-refractivity contribution is 8.04. The van der Waals surface area contributed by atoms with Gasteiger partial charge >= 0.3 is 17.9 Å². The molecule has 0 amide bonds. The molecule has 0 bridgehead atoms. The lowest BCUT2D eigenvalue weighted by Gasteiger charge is -2.61. The van der Waals surface area contributed by atoms with E-state index in [0.717, 1.165) is 0 Å². The molecule has 9 nitrogen and oxygen atoms in total. The summed E-state index contributed by atoms with van der Waals surface area (Å²) < 4.78 is 22.0. The maximum absolute atomic E-state index is 14.1. The van der Waals surface area contributed by atoms with Gasteiger partial charge in [-0.1, -0.05) is 19.8 Å². The van der Waals surface area contributed by atoms with Crippen LogP contribution >= 0.6 is 11.8 Å². The summed E-state index contributed by atoms with van der Waals surface area (Å²) in [6.07, 6.45) is 0.802. The van der Waals surface area contributed by atoms with Crippen LogP contribution in [0.4, 0.5) is 0 Å². The van der Waals surface area contributed by atoms with Crippen molar-refractivity contribution >= 4 is 35.5 Å². The van der Waals surface area contributed by atoms with Crippen LogP contribution in [0.5, 0.6) is 0 Å². The molecule has 0 radical (unpaired) electrons. The van der Waals surface area contributed by atoms with Crippen LogP contribution in [0.1, 0.15) is 63.9 Å². The lowest BCUT2D eigenvalue weighted by molar-refractivity contribution is -0.210.